The molecule has 0 spiro atoms. The number of nitrogens with zero attached hydrogens (tertiary/aromatic N) is 4. The van der Waals surface area contributed by atoms with Crippen molar-refractivity contribution in [2.24, 2.45) is 5.92 Å². The minimum absolute atomic E-state index is 0.0627. The van der Waals surface area contributed by atoms with Gasteiger partial charge in [-0.1, -0.05) is 42.0 Å². The summed E-state index contributed by atoms with van der Waals surface area (Å²) in [4.78, 5) is 48.6. The Morgan fingerprint density at radius 3 is 2.91 bits per heavy atom. The van der Waals surface area contributed by atoms with Crippen LogP contribution in [0.2, 0.25) is 5.02 Å². The monoisotopic (exact) mass is 488 g/mol. The minimum Gasteiger partial charge on any atom is -0.356 e. The molecule has 9 nitrogen and oxygen atoms in total. The third-order valence-electron chi connectivity index (χ3n) is 5.45. The molecule has 1 aliphatic heterocycles. The van der Waals surface area contributed by atoms with E-state index in [-0.39, 0.29) is 29.8 Å². The smallest absolute Gasteiger partial charge is 0.273 e. The fraction of sp³-hybridized carbons (Fsp3) is 0.409. The summed E-state index contributed by atoms with van der Waals surface area (Å²) in [5, 5.41) is 6.75. The van der Waals surface area contributed by atoms with E-state index in [1.807, 2.05) is 11.8 Å². The first kappa shape index (κ1) is 23.2. The molecule has 1 fully saturated rings. The lowest BCUT2D eigenvalue weighted by Gasteiger charge is -2.31. The number of benzene rings is 1. The number of fused-ring (bicyclic) bond motifs is 1. The molecule has 0 aliphatic carbocycles. The van der Waals surface area contributed by atoms with Crippen LogP contribution in [0.5, 0.6) is 0 Å². The quantitative estimate of drug-likeness (QED) is 0.529. The van der Waals surface area contributed by atoms with Gasteiger partial charge in [-0.15, -0.1) is 0 Å². The van der Waals surface area contributed by atoms with Crippen molar-refractivity contribution < 1.29 is 9.59 Å². The molecule has 1 saturated heterocycles. The van der Waals surface area contributed by atoms with Crippen molar-refractivity contribution in [1.82, 2.24) is 19.9 Å². The molecule has 33 heavy (non-hydrogen) atoms. The van der Waals surface area contributed by atoms with Crippen LogP contribution in [-0.2, 0) is 16.1 Å². The highest BCUT2D eigenvalue weighted by atomic mass is 35.5. The standard InChI is InChI=1S/C22H25ClN6O3S/c1-2-9-24-20(31)14-6-5-10-28(11-14)22-27-19-18(33-22)21(32)29(13-25-19)12-17(30)26-16-8-4-3-7-15(16)23/h3-4,7-8,13-14H,2,5-6,9-12H2,1H3,(H,24,31)(H,26,30)/t14-/m1/s1. The van der Waals surface area contributed by atoms with Gasteiger partial charge in [-0.2, -0.15) is 4.98 Å². The second-order valence-electron chi connectivity index (χ2n) is 7.93. The zero-order valence-corrected chi connectivity index (χ0v) is 19.8. The first-order valence-electron chi connectivity index (χ1n) is 10.9. The second-order valence-corrected chi connectivity index (χ2v) is 9.32. The molecule has 174 valence electrons. The lowest BCUT2D eigenvalue weighted by atomic mass is 9.97. The lowest BCUT2D eigenvalue weighted by Crippen LogP contribution is -2.43. The van der Waals surface area contributed by atoms with E-state index in [4.69, 9.17) is 11.6 Å². The summed E-state index contributed by atoms with van der Waals surface area (Å²) >= 11 is 7.32. The number of thiazole rings is 1. The number of carbonyl (C=O) groups excluding carboxylic acids is 2. The number of piperidine rings is 1. The topological polar surface area (TPSA) is 109 Å². The van der Waals surface area contributed by atoms with Crippen molar-refractivity contribution in [2.75, 3.05) is 29.9 Å². The van der Waals surface area contributed by atoms with Gasteiger partial charge >= 0.3 is 0 Å². The average molecular weight is 489 g/mol. The maximum atomic E-state index is 13.0. The molecule has 0 bridgehead atoms. The first-order valence-corrected chi connectivity index (χ1v) is 12.1. The molecule has 3 aromatic rings. The number of anilines is 2. The van der Waals surface area contributed by atoms with Crippen LogP contribution in [0, 0.1) is 5.92 Å². The molecule has 1 atom stereocenters. The summed E-state index contributed by atoms with van der Waals surface area (Å²) in [5.41, 5.74) is 0.501. The Balaban J connectivity index is 1.49. The maximum Gasteiger partial charge on any atom is 0.273 e. The van der Waals surface area contributed by atoms with Gasteiger partial charge < -0.3 is 15.5 Å². The Labute approximate surface area is 199 Å². The van der Waals surface area contributed by atoms with Crippen LogP contribution in [0.1, 0.15) is 26.2 Å². The normalized spacial score (nSPS) is 16.1. The van der Waals surface area contributed by atoms with Gasteiger partial charge in [0.15, 0.2) is 10.8 Å². The summed E-state index contributed by atoms with van der Waals surface area (Å²) in [6.45, 7) is 3.83. The van der Waals surface area contributed by atoms with Gasteiger partial charge in [0.25, 0.3) is 5.56 Å². The summed E-state index contributed by atoms with van der Waals surface area (Å²) < 4.78 is 1.64. The van der Waals surface area contributed by atoms with Crippen molar-refractivity contribution in [2.45, 2.75) is 32.7 Å². The molecule has 0 saturated carbocycles. The summed E-state index contributed by atoms with van der Waals surface area (Å²) in [5.74, 6) is -0.420. The molecule has 2 N–H and O–H groups in total. The van der Waals surface area contributed by atoms with Gasteiger partial charge in [-0.05, 0) is 31.4 Å². The summed E-state index contributed by atoms with van der Waals surface area (Å²) in [6.07, 6.45) is 3.94. The molecule has 2 amide bonds. The van der Waals surface area contributed by atoms with Crippen molar-refractivity contribution in [1.29, 1.82) is 0 Å². The van der Waals surface area contributed by atoms with Gasteiger partial charge in [0.2, 0.25) is 11.8 Å². The van der Waals surface area contributed by atoms with E-state index in [9.17, 15) is 14.4 Å². The highest BCUT2D eigenvalue weighted by Gasteiger charge is 2.27. The number of halogens is 1. The van der Waals surface area contributed by atoms with Crippen LogP contribution in [-0.4, -0.2) is 46.0 Å². The number of hydrogen-bond acceptors (Lipinski definition) is 7. The Morgan fingerprint density at radius 2 is 2.12 bits per heavy atom. The van der Waals surface area contributed by atoms with Crippen LogP contribution in [0.4, 0.5) is 10.8 Å². The van der Waals surface area contributed by atoms with Gasteiger partial charge in [-0.3, -0.25) is 19.0 Å². The van der Waals surface area contributed by atoms with E-state index in [1.54, 1.807) is 24.3 Å². The van der Waals surface area contributed by atoms with Crippen molar-refractivity contribution in [3.8, 4) is 0 Å². The Kier molecular flexibility index (Phi) is 7.24. The number of hydrogen-bond donors (Lipinski definition) is 2. The Morgan fingerprint density at radius 1 is 1.30 bits per heavy atom. The fourth-order valence-electron chi connectivity index (χ4n) is 3.75. The molecule has 0 unspecified atom stereocenters. The fourth-order valence-corrected chi connectivity index (χ4v) is 4.93. The van der Waals surface area contributed by atoms with E-state index in [0.29, 0.717) is 39.3 Å². The molecular formula is C22H25ClN6O3S. The van der Waals surface area contributed by atoms with Crippen molar-refractivity contribution in [3.05, 3.63) is 46.0 Å². The second kappa shape index (κ2) is 10.3. The predicted octanol–water partition coefficient (Wildman–Crippen LogP) is 2.89. The molecular weight excluding hydrogens is 464 g/mol. The summed E-state index contributed by atoms with van der Waals surface area (Å²) in [7, 11) is 0. The molecule has 11 heteroatoms. The molecule has 2 aromatic heterocycles. The zero-order chi connectivity index (χ0) is 23.4. The van der Waals surface area contributed by atoms with Gasteiger partial charge in [0.1, 0.15) is 17.6 Å². The SMILES string of the molecule is CCCNC(=O)[C@@H]1CCCN(c2nc3ncn(CC(=O)Nc4ccccc4Cl)c(=O)c3s2)C1. The van der Waals surface area contributed by atoms with Crippen molar-refractivity contribution in [3.63, 3.8) is 0 Å². The molecule has 1 aliphatic rings. The zero-order valence-electron chi connectivity index (χ0n) is 18.2. The minimum atomic E-state index is -0.381. The molecule has 3 heterocycles. The number of amides is 2. The highest BCUT2D eigenvalue weighted by Crippen LogP contribution is 2.29. The van der Waals surface area contributed by atoms with Crippen molar-refractivity contribution >= 4 is 55.9 Å². The summed E-state index contributed by atoms with van der Waals surface area (Å²) in [6, 6.07) is 6.89. The Bertz CT molecular complexity index is 1230. The average Bonchev–Trinajstić information content (AvgIpc) is 3.26. The van der Waals surface area contributed by atoms with Crippen LogP contribution < -0.4 is 21.1 Å². The van der Waals surface area contributed by atoms with Gasteiger partial charge in [0.05, 0.1) is 16.6 Å². The molecule has 1 aromatic carbocycles. The largest absolute Gasteiger partial charge is 0.356 e. The van der Waals surface area contributed by atoms with E-state index in [2.05, 4.69) is 20.6 Å². The van der Waals surface area contributed by atoms with Crippen LogP contribution >= 0.6 is 22.9 Å². The number of carbonyl (C=O) groups is 2. The predicted molar refractivity (Wildman–Crippen MR) is 130 cm³/mol. The van der Waals surface area contributed by atoms with Crippen LogP contribution in [0.25, 0.3) is 10.3 Å². The number of aromatic nitrogens is 3. The lowest BCUT2D eigenvalue weighted by molar-refractivity contribution is -0.125. The van der Waals surface area contributed by atoms with Crippen LogP contribution in [0.15, 0.2) is 35.4 Å². The van der Waals surface area contributed by atoms with E-state index in [1.165, 1.54) is 22.2 Å². The highest BCUT2D eigenvalue weighted by molar-refractivity contribution is 7.22. The number of nitrogens with one attached hydrogen (secondary N) is 2. The number of rotatable bonds is 7. The van der Waals surface area contributed by atoms with Gasteiger partial charge in [0, 0.05) is 19.6 Å². The van der Waals surface area contributed by atoms with Crippen LogP contribution in [0.3, 0.4) is 0 Å². The first-order chi connectivity index (χ1) is 16.0. The van der Waals surface area contributed by atoms with E-state index in [0.717, 1.165) is 25.8 Å². The molecule has 4 rings (SSSR count). The maximum absolute atomic E-state index is 13.0. The molecule has 0 radical (unpaired) electrons. The number of para-hydroxylation sites is 1. The van der Waals surface area contributed by atoms with Gasteiger partial charge in [-0.25, -0.2) is 4.98 Å². The van der Waals surface area contributed by atoms with E-state index < -0.39 is 0 Å². The third kappa shape index (κ3) is 5.33. The third-order valence-corrected chi connectivity index (χ3v) is 6.87. The Hall–Kier alpha value is -2.98. The van der Waals surface area contributed by atoms with E-state index >= 15 is 0 Å².